The van der Waals surface area contributed by atoms with Gasteiger partial charge in [0.25, 0.3) is 5.89 Å². The summed E-state index contributed by atoms with van der Waals surface area (Å²) in [5.41, 5.74) is -0.0971. The molecule has 0 aliphatic carbocycles. The molecule has 0 saturated heterocycles. The van der Waals surface area contributed by atoms with Gasteiger partial charge in [-0.05, 0) is 19.2 Å². The second kappa shape index (κ2) is 5.41. The van der Waals surface area contributed by atoms with E-state index in [2.05, 4.69) is 15.5 Å². The molecule has 2 rings (SSSR count). The summed E-state index contributed by atoms with van der Waals surface area (Å²) in [5.74, 6) is -1.14. The SMILES string of the molecule is CNCCc1nnc(-c2cc(F)c(Cl)cc2F)o1. The molecule has 1 aromatic carbocycles. The van der Waals surface area contributed by atoms with Crippen LogP contribution in [0.5, 0.6) is 0 Å². The van der Waals surface area contributed by atoms with E-state index in [0.29, 0.717) is 18.9 Å². The van der Waals surface area contributed by atoms with Crippen LogP contribution in [0.15, 0.2) is 16.5 Å². The number of aromatic nitrogens is 2. The largest absolute Gasteiger partial charge is 0.421 e. The minimum atomic E-state index is -0.733. The first-order valence-electron chi connectivity index (χ1n) is 5.23. The molecule has 96 valence electrons. The van der Waals surface area contributed by atoms with Crippen LogP contribution >= 0.6 is 11.6 Å². The van der Waals surface area contributed by atoms with Crippen LogP contribution in [0.25, 0.3) is 11.5 Å². The van der Waals surface area contributed by atoms with Gasteiger partial charge in [-0.25, -0.2) is 8.78 Å². The molecule has 1 aromatic heterocycles. The highest BCUT2D eigenvalue weighted by molar-refractivity contribution is 6.30. The number of rotatable bonds is 4. The molecule has 1 N–H and O–H groups in total. The quantitative estimate of drug-likeness (QED) is 0.870. The molecular weight excluding hydrogens is 264 g/mol. The van der Waals surface area contributed by atoms with Crippen LogP contribution < -0.4 is 5.32 Å². The average Bonchev–Trinajstić information content (AvgIpc) is 2.79. The molecule has 0 atom stereocenters. The molecule has 7 heteroatoms. The Morgan fingerprint density at radius 1 is 1.28 bits per heavy atom. The number of benzene rings is 1. The van der Waals surface area contributed by atoms with E-state index >= 15 is 0 Å². The molecule has 1 heterocycles. The predicted octanol–water partition coefficient (Wildman–Crippen LogP) is 2.43. The lowest BCUT2D eigenvalue weighted by Crippen LogP contribution is -2.10. The third-order valence-corrected chi connectivity index (χ3v) is 2.59. The molecule has 0 aliphatic rings. The van der Waals surface area contributed by atoms with Crippen molar-refractivity contribution in [2.24, 2.45) is 0 Å². The molecule has 0 saturated carbocycles. The van der Waals surface area contributed by atoms with E-state index in [9.17, 15) is 8.78 Å². The van der Waals surface area contributed by atoms with Gasteiger partial charge in [-0.3, -0.25) is 0 Å². The van der Waals surface area contributed by atoms with Gasteiger partial charge in [-0.1, -0.05) is 11.6 Å². The fraction of sp³-hybridized carbons (Fsp3) is 0.273. The van der Waals surface area contributed by atoms with Gasteiger partial charge in [0.2, 0.25) is 5.89 Å². The van der Waals surface area contributed by atoms with Crippen molar-refractivity contribution >= 4 is 11.6 Å². The smallest absolute Gasteiger partial charge is 0.250 e. The van der Waals surface area contributed by atoms with Crippen LogP contribution in [-0.4, -0.2) is 23.8 Å². The van der Waals surface area contributed by atoms with E-state index in [1.807, 2.05) is 0 Å². The molecule has 0 fully saturated rings. The first-order valence-corrected chi connectivity index (χ1v) is 5.61. The van der Waals surface area contributed by atoms with Gasteiger partial charge in [-0.15, -0.1) is 10.2 Å². The molecule has 4 nitrogen and oxygen atoms in total. The number of halogens is 3. The van der Waals surface area contributed by atoms with Gasteiger partial charge in [0.1, 0.15) is 11.6 Å². The Bertz CT molecular complexity index is 559. The third-order valence-electron chi connectivity index (χ3n) is 2.30. The highest BCUT2D eigenvalue weighted by Gasteiger charge is 2.16. The van der Waals surface area contributed by atoms with Crippen molar-refractivity contribution in [3.05, 3.63) is 34.7 Å². The van der Waals surface area contributed by atoms with Crippen molar-refractivity contribution in [1.29, 1.82) is 0 Å². The standard InChI is InChI=1S/C11H10ClF2N3O/c1-15-3-2-10-16-17-11(18-10)6-4-9(14)7(12)5-8(6)13/h4-5,15H,2-3H2,1H3. The molecule has 0 radical (unpaired) electrons. The van der Waals surface area contributed by atoms with Crippen LogP contribution in [-0.2, 0) is 6.42 Å². The molecule has 0 spiro atoms. The lowest BCUT2D eigenvalue weighted by Gasteiger charge is -1.99. The maximum Gasteiger partial charge on any atom is 0.250 e. The van der Waals surface area contributed by atoms with Gasteiger partial charge in [0.05, 0.1) is 10.6 Å². The summed E-state index contributed by atoms with van der Waals surface area (Å²) in [6.45, 7) is 0.652. The van der Waals surface area contributed by atoms with Gasteiger partial charge >= 0.3 is 0 Å². The lowest BCUT2D eigenvalue weighted by atomic mass is 10.2. The van der Waals surface area contributed by atoms with Gasteiger partial charge in [0.15, 0.2) is 0 Å². The zero-order valence-electron chi connectivity index (χ0n) is 9.51. The van der Waals surface area contributed by atoms with E-state index in [1.165, 1.54) is 0 Å². The summed E-state index contributed by atoms with van der Waals surface area (Å²) >= 11 is 5.46. The Morgan fingerprint density at radius 2 is 2.06 bits per heavy atom. The molecular formula is C11H10ClF2N3O. The van der Waals surface area contributed by atoms with E-state index in [4.69, 9.17) is 16.0 Å². The van der Waals surface area contributed by atoms with Crippen molar-refractivity contribution in [1.82, 2.24) is 15.5 Å². The topological polar surface area (TPSA) is 51.0 Å². The molecule has 0 amide bonds. The molecule has 2 aromatic rings. The van der Waals surface area contributed by atoms with Crippen LogP contribution in [0.4, 0.5) is 8.78 Å². The van der Waals surface area contributed by atoms with Crippen molar-refractivity contribution in [3.8, 4) is 11.5 Å². The van der Waals surface area contributed by atoms with E-state index < -0.39 is 11.6 Å². The Labute approximate surface area is 107 Å². The third kappa shape index (κ3) is 2.65. The van der Waals surface area contributed by atoms with Gasteiger partial charge in [-0.2, -0.15) is 0 Å². The summed E-state index contributed by atoms with van der Waals surface area (Å²) in [6, 6.07) is 1.82. The Hall–Kier alpha value is -1.53. The van der Waals surface area contributed by atoms with Crippen LogP contribution in [0.3, 0.4) is 0 Å². The summed E-state index contributed by atoms with van der Waals surface area (Å²) < 4.78 is 32.1. The molecule has 0 bridgehead atoms. The van der Waals surface area contributed by atoms with Crippen LogP contribution in [0, 0.1) is 11.6 Å². The first kappa shape index (κ1) is 12.9. The minimum absolute atomic E-state index is 0.0610. The van der Waals surface area contributed by atoms with Crippen molar-refractivity contribution < 1.29 is 13.2 Å². The van der Waals surface area contributed by atoms with Crippen LogP contribution in [0.2, 0.25) is 5.02 Å². The highest BCUT2D eigenvalue weighted by Crippen LogP contribution is 2.26. The van der Waals surface area contributed by atoms with E-state index in [0.717, 1.165) is 12.1 Å². The Balaban J connectivity index is 2.31. The fourth-order valence-corrected chi connectivity index (χ4v) is 1.53. The van der Waals surface area contributed by atoms with Crippen molar-refractivity contribution in [2.45, 2.75) is 6.42 Å². The minimum Gasteiger partial charge on any atom is -0.421 e. The lowest BCUT2D eigenvalue weighted by molar-refractivity contribution is 0.495. The summed E-state index contributed by atoms with van der Waals surface area (Å²) in [7, 11) is 1.78. The molecule has 0 aliphatic heterocycles. The fourth-order valence-electron chi connectivity index (χ4n) is 1.38. The molecule has 0 unspecified atom stereocenters. The number of nitrogens with zero attached hydrogens (tertiary/aromatic N) is 2. The van der Waals surface area contributed by atoms with E-state index in [1.54, 1.807) is 7.05 Å². The number of hydrogen-bond donors (Lipinski definition) is 1. The monoisotopic (exact) mass is 273 g/mol. The number of hydrogen-bond acceptors (Lipinski definition) is 4. The summed E-state index contributed by atoms with van der Waals surface area (Å²) in [6.07, 6.45) is 0.515. The van der Waals surface area contributed by atoms with Crippen molar-refractivity contribution in [2.75, 3.05) is 13.6 Å². The van der Waals surface area contributed by atoms with Crippen molar-refractivity contribution in [3.63, 3.8) is 0 Å². The summed E-state index contributed by atoms with van der Waals surface area (Å²) in [5, 5.41) is 10.0. The second-order valence-corrected chi connectivity index (χ2v) is 4.01. The average molecular weight is 274 g/mol. The maximum absolute atomic E-state index is 13.6. The van der Waals surface area contributed by atoms with Crippen LogP contribution in [0.1, 0.15) is 5.89 Å². The second-order valence-electron chi connectivity index (χ2n) is 3.60. The zero-order valence-corrected chi connectivity index (χ0v) is 10.3. The zero-order chi connectivity index (χ0) is 13.1. The van der Waals surface area contributed by atoms with E-state index in [-0.39, 0.29) is 16.5 Å². The normalized spacial score (nSPS) is 10.9. The maximum atomic E-state index is 13.6. The van der Waals surface area contributed by atoms with Gasteiger partial charge < -0.3 is 9.73 Å². The predicted molar refractivity (Wildman–Crippen MR) is 62.3 cm³/mol. The number of likely N-dealkylation sites (N-methyl/N-ethyl adjacent to an activating group) is 1. The first-order chi connectivity index (χ1) is 8.61. The summed E-state index contributed by atoms with van der Waals surface area (Å²) in [4.78, 5) is 0. The Kier molecular flexibility index (Phi) is 3.88. The van der Waals surface area contributed by atoms with Gasteiger partial charge in [0, 0.05) is 13.0 Å². The highest BCUT2D eigenvalue weighted by atomic mass is 35.5. The number of nitrogens with one attached hydrogen (secondary N) is 1. The molecule has 18 heavy (non-hydrogen) atoms. The Morgan fingerprint density at radius 3 is 2.78 bits per heavy atom.